The van der Waals surface area contributed by atoms with E-state index in [2.05, 4.69) is 10.1 Å². The lowest BCUT2D eigenvalue weighted by Crippen LogP contribution is -2.27. The third-order valence-corrected chi connectivity index (χ3v) is 3.14. The maximum atomic E-state index is 13.5. The Morgan fingerprint density at radius 3 is 2.25 bits per heavy atom. The summed E-state index contributed by atoms with van der Waals surface area (Å²) in [5.41, 5.74) is 0.153. The molecule has 1 N–H and O–H groups in total. The maximum absolute atomic E-state index is 13.5. The van der Waals surface area contributed by atoms with Gasteiger partial charge in [-0.1, -0.05) is 12.1 Å². The zero-order chi connectivity index (χ0) is 17.9. The lowest BCUT2D eigenvalue weighted by atomic mass is 10.1. The molecule has 24 heavy (non-hydrogen) atoms. The van der Waals surface area contributed by atoms with Crippen molar-refractivity contribution < 1.29 is 31.5 Å². The summed E-state index contributed by atoms with van der Waals surface area (Å²) in [5, 5.41) is 2.48. The fraction of sp³-hybridized carbons (Fsp3) is 0.188. The van der Waals surface area contributed by atoms with Crippen LogP contribution in [0.3, 0.4) is 0 Å². The van der Waals surface area contributed by atoms with Gasteiger partial charge in [0.2, 0.25) is 0 Å². The van der Waals surface area contributed by atoms with E-state index >= 15 is 0 Å². The Balaban J connectivity index is 2.06. The minimum absolute atomic E-state index is 0.333. The summed E-state index contributed by atoms with van der Waals surface area (Å²) in [6.07, 6.45) is -4.79. The second kappa shape index (κ2) is 6.86. The number of carbonyl (C=O) groups excluding carboxylic acids is 1. The van der Waals surface area contributed by atoms with Crippen molar-refractivity contribution in [3.63, 3.8) is 0 Å². The normalized spacial score (nSPS) is 12.6. The Morgan fingerprint density at radius 2 is 1.71 bits per heavy atom. The van der Waals surface area contributed by atoms with Crippen molar-refractivity contribution in [1.29, 1.82) is 0 Å². The minimum Gasteiger partial charge on any atom is -0.406 e. The van der Waals surface area contributed by atoms with Crippen LogP contribution >= 0.6 is 0 Å². The molecule has 1 atom stereocenters. The van der Waals surface area contributed by atoms with Crippen molar-refractivity contribution in [3.8, 4) is 5.75 Å². The van der Waals surface area contributed by atoms with Crippen LogP contribution in [0.25, 0.3) is 0 Å². The highest BCUT2D eigenvalue weighted by Crippen LogP contribution is 2.24. The predicted molar refractivity (Wildman–Crippen MR) is 75.4 cm³/mol. The van der Waals surface area contributed by atoms with Gasteiger partial charge in [-0.3, -0.25) is 4.79 Å². The van der Waals surface area contributed by atoms with Crippen LogP contribution in [0, 0.1) is 11.6 Å². The molecular formula is C16H12F5NO2. The van der Waals surface area contributed by atoms with E-state index in [1.807, 2.05) is 0 Å². The van der Waals surface area contributed by atoms with E-state index in [0.29, 0.717) is 11.6 Å². The van der Waals surface area contributed by atoms with E-state index in [-0.39, 0.29) is 5.56 Å². The fourth-order valence-electron chi connectivity index (χ4n) is 1.99. The first-order chi connectivity index (χ1) is 11.2. The molecule has 0 saturated carbocycles. The molecule has 0 aliphatic rings. The minimum atomic E-state index is -4.79. The van der Waals surface area contributed by atoms with Gasteiger partial charge in [0.25, 0.3) is 5.91 Å². The summed E-state index contributed by atoms with van der Waals surface area (Å²) < 4.78 is 66.4. The van der Waals surface area contributed by atoms with Gasteiger partial charge >= 0.3 is 6.36 Å². The van der Waals surface area contributed by atoms with Crippen molar-refractivity contribution in [3.05, 3.63) is 65.2 Å². The van der Waals surface area contributed by atoms with Crippen molar-refractivity contribution in [2.45, 2.75) is 19.3 Å². The largest absolute Gasteiger partial charge is 0.573 e. The zero-order valence-electron chi connectivity index (χ0n) is 12.3. The molecule has 1 amide bonds. The quantitative estimate of drug-likeness (QED) is 0.837. The van der Waals surface area contributed by atoms with Gasteiger partial charge in [0.15, 0.2) is 0 Å². The number of ether oxygens (including phenoxy) is 1. The summed E-state index contributed by atoms with van der Waals surface area (Å²) in [7, 11) is 0. The molecule has 8 heteroatoms. The first-order valence-corrected chi connectivity index (χ1v) is 6.77. The third kappa shape index (κ3) is 4.68. The maximum Gasteiger partial charge on any atom is 0.573 e. The van der Waals surface area contributed by atoms with E-state index in [0.717, 1.165) is 24.3 Å². The van der Waals surface area contributed by atoms with Crippen LogP contribution < -0.4 is 10.1 Å². The first-order valence-electron chi connectivity index (χ1n) is 6.77. The van der Waals surface area contributed by atoms with Crippen LogP contribution in [0.15, 0.2) is 42.5 Å². The summed E-state index contributed by atoms with van der Waals surface area (Å²) >= 11 is 0. The van der Waals surface area contributed by atoms with E-state index in [1.54, 1.807) is 6.92 Å². The van der Waals surface area contributed by atoms with Crippen LogP contribution in [0.1, 0.15) is 28.9 Å². The highest BCUT2D eigenvalue weighted by molar-refractivity contribution is 5.94. The number of benzene rings is 2. The Morgan fingerprint density at radius 1 is 1.08 bits per heavy atom. The summed E-state index contributed by atoms with van der Waals surface area (Å²) in [4.78, 5) is 12.0. The smallest absolute Gasteiger partial charge is 0.406 e. The van der Waals surface area contributed by atoms with Crippen molar-refractivity contribution >= 4 is 5.91 Å². The summed E-state index contributed by atoms with van der Waals surface area (Å²) in [6.45, 7) is 1.57. The molecule has 2 aromatic carbocycles. The van der Waals surface area contributed by atoms with Gasteiger partial charge in [0.1, 0.15) is 17.4 Å². The van der Waals surface area contributed by atoms with Crippen LogP contribution in [-0.2, 0) is 0 Å². The molecule has 0 bridgehead atoms. The van der Waals surface area contributed by atoms with Gasteiger partial charge in [-0.25, -0.2) is 8.78 Å². The molecule has 0 fully saturated rings. The van der Waals surface area contributed by atoms with E-state index in [9.17, 15) is 26.7 Å². The molecule has 2 aromatic rings. The molecule has 0 spiro atoms. The van der Waals surface area contributed by atoms with Gasteiger partial charge in [-0.15, -0.1) is 13.2 Å². The second-order valence-corrected chi connectivity index (χ2v) is 4.94. The SMILES string of the molecule is CC(NC(=O)c1ccc(F)cc1F)c1ccc(OC(F)(F)F)cc1. The number of hydrogen-bond acceptors (Lipinski definition) is 2. The van der Waals surface area contributed by atoms with Crippen LogP contribution in [0.4, 0.5) is 22.0 Å². The Hall–Kier alpha value is -2.64. The third-order valence-electron chi connectivity index (χ3n) is 3.14. The van der Waals surface area contributed by atoms with Crippen LogP contribution in [0.5, 0.6) is 5.75 Å². The number of alkyl halides is 3. The van der Waals surface area contributed by atoms with E-state index < -0.39 is 35.7 Å². The van der Waals surface area contributed by atoms with Gasteiger partial charge in [-0.05, 0) is 36.8 Å². The lowest BCUT2D eigenvalue weighted by Gasteiger charge is -2.15. The van der Waals surface area contributed by atoms with Crippen LogP contribution in [-0.4, -0.2) is 12.3 Å². The van der Waals surface area contributed by atoms with Gasteiger partial charge in [-0.2, -0.15) is 0 Å². The molecular weight excluding hydrogens is 333 g/mol. The van der Waals surface area contributed by atoms with Crippen LogP contribution in [0.2, 0.25) is 0 Å². The predicted octanol–water partition coefficient (Wildman–Crippen LogP) is 4.35. The van der Waals surface area contributed by atoms with Crippen molar-refractivity contribution in [2.75, 3.05) is 0 Å². The lowest BCUT2D eigenvalue weighted by molar-refractivity contribution is -0.274. The number of nitrogens with one attached hydrogen (secondary N) is 1. The number of carbonyl (C=O) groups is 1. The fourth-order valence-corrected chi connectivity index (χ4v) is 1.99. The molecule has 3 nitrogen and oxygen atoms in total. The highest BCUT2D eigenvalue weighted by atomic mass is 19.4. The number of halogens is 5. The molecule has 0 aromatic heterocycles. The first kappa shape index (κ1) is 17.7. The highest BCUT2D eigenvalue weighted by Gasteiger charge is 2.31. The Labute approximate surface area is 134 Å². The monoisotopic (exact) mass is 345 g/mol. The van der Waals surface area contributed by atoms with Crippen molar-refractivity contribution in [2.24, 2.45) is 0 Å². The molecule has 1 unspecified atom stereocenters. The molecule has 0 heterocycles. The number of rotatable bonds is 4. The molecule has 0 aliphatic carbocycles. The molecule has 0 saturated heterocycles. The molecule has 128 valence electrons. The topological polar surface area (TPSA) is 38.3 Å². The summed E-state index contributed by atoms with van der Waals surface area (Å²) in [6, 6.07) is 6.82. The molecule has 2 rings (SSSR count). The molecule has 0 aliphatic heterocycles. The number of amides is 1. The van der Waals surface area contributed by atoms with Gasteiger partial charge in [0, 0.05) is 6.07 Å². The van der Waals surface area contributed by atoms with Crippen molar-refractivity contribution in [1.82, 2.24) is 5.32 Å². The average Bonchev–Trinajstić information content (AvgIpc) is 2.45. The van der Waals surface area contributed by atoms with Gasteiger partial charge < -0.3 is 10.1 Å². The molecule has 0 radical (unpaired) electrons. The zero-order valence-corrected chi connectivity index (χ0v) is 12.3. The Bertz CT molecular complexity index is 728. The summed E-state index contributed by atoms with van der Waals surface area (Å²) in [5.74, 6) is -2.98. The van der Waals surface area contributed by atoms with Gasteiger partial charge in [0.05, 0.1) is 11.6 Å². The number of hydrogen-bond donors (Lipinski definition) is 1. The second-order valence-electron chi connectivity index (χ2n) is 4.94. The Kier molecular flexibility index (Phi) is 5.06. The average molecular weight is 345 g/mol. The van der Waals surface area contributed by atoms with E-state index in [1.165, 1.54) is 12.1 Å². The standard InChI is InChI=1S/C16H12F5NO2/c1-9(10-2-5-12(6-3-10)24-16(19,20)21)22-15(23)13-7-4-11(17)8-14(13)18/h2-9H,1H3,(H,22,23). The van der Waals surface area contributed by atoms with E-state index in [4.69, 9.17) is 0 Å².